The number of hydrogen-bond donors (Lipinski definition) is 1. The van der Waals surface area contributed by atoms with Crippen LogP contribution < -0.4 is 5.32 Å². The van der Waals surface area contributed by atoms with Gasteiger partial charge in [-0.15, -0.1) is 0 Å². The molecule has 2 amide bonds. The smallest absolute Gasteiger partial charge is 0.229 e. The van der Waals surface area contributed by atoms with Crippen LogP contribution in [0.15, 0.2) is 22.7 Å². The third-order valence-electron chi connectivity index (χ3n) is 3.79. The molecule has 0 spiro atoms. The van der Waals surface area contributed by atoms with E-state index >= 15 is 0 Å². The van der Waals surface area contributed by atoms with Crippen molar-refractivity contribution in [1.29, 1.82) is 0 Å². The molecule has 1 saturated heterocycles. The molecule has 0 radical (unpaired) electrons. The molecule has 2 rings (SSSR count). The molecule has 114 valence electrons. The Morgan fingerprint density at radius 2 is 2.24 bits per heavy atom. The SMILES string of the molecule is CCCCN1C[C@H](C(=O)Nc2ccc(Br)c(C)c2)CC1=O. The van der Waals surface area contributed by atoms with Gasteiger partial charge in [0, 0.05) is 29.7 Å². The van der Waals surface area contributed by atoms with Gasteiger partial charge in [0.2, 0.25) is 11.8 Å². The molecule has 1 aliphatic rings. The normalized spacial score (nSPS) is 18.1. The lowest BCUT2D eigenvalue weighted by molar-refractivity contribution is -0.128. The molecule has 1 aromatic rings. The average Bonchev–Trinajstić information content (AvgIpc) is 2.82. The van der Waals surface area contributed by atoms with Crippen LogP contribution in [-0.4, -0.2) is 29.8 Å². The van der Waals surface area contributed by atoms with E-state index in [1.165, 1.54) is 0 Å². The van der Waals surface area contributed by atoms with Crippen molar-refractivity contribution in [2.45, 2.75) is 33.1 Å². The molecule has 0 aromatic heterocycles. The molecule has 1 aromatic carbocycles. The number of hydrogen-bond acceptors (Lipinski definition) is 2. The Balaban J connectivity index is 1.95. The van der Waals surface area contributed by atoms with Gasteiger partial charge in [0.15, 0.2) is 0 Å². The maximum atomic E-state index is 12.3. The van der Waals surface area contributed by atoms with E-state index in [1.54, 1.807) is 4.90 Å². The van der Waals surface area contributed by atoms with Crippen molar-refractivity contribution in [3.8, 4) is 0 Å². The number of unbranched alkanes of at least 4 members (excludes halogenated alkanes) is 1. The van der Waals surface area contributed by atoms with Crippen molar-refractivity contribution in [3.63, 3.8) is 0 Å². The molecule has 1 fully saturated rings. The fourth-order valence-corrected chi connectivity index (χ4v) is 2.73. The zero-order valence-corrected chi connectivity index (χ0v) is 14.1. The predicted octanol–water partition coefficient (Wildman–Crippen LogP) is 3.34. The highest BCUT2D eigenvalue weighted by Gasteiger charge is 2.33. The number of aryl methyl sites for hydroxylation is 1. The van der Waals surface area contributed by atoms with E-state index < -0.39 is 0 Å². The minimum absolute atomic E-state index is 0.0657. The number of rotatable bonds is 5. The lowest BCUT2D eigenvalue weighted by Gasteiger charge is -2.16. The molecule has 21 heavy (non-hydrogen) atoms. The van der Waals surface area contributed by atoms with E-state index in [4.69, 9.17) is 0 Å². The minimum Gasteiger partial charge on any atom is -0.342 e. The molecule has 0 aliphatic carbocycles. The van der Waals surface area contributed by atoms with Crippen molar-refractivity contribution in [2.24, 2.45) is 5.92 Å². The summed E-state index contributed by atoms with van der Waals surface area (Å²) in [5.74, 6) is -0.210. The highest BCUT2D eigenvalue weighted by molar-refractivity contribution is 9.10. The number of benzene rings is 1. The Bertz CT molecular complexity index is 545. The first-order valence-corrected chi connectivity index (χ1v) is 8.15. The summed E-state index contributed by atoms with van der Waals surface area (Å²) in [7, 11) is 0. The van der Waals surface area contributed by atoms with Gasteiger partial charge in [-0.1, -0.05) is 29.3 Å². The molecule has 0 unspecified atom stereocenters. The zero-order valence-electron chi connectivity index (χ0n) is 12.5. The first kappa shape index (κ1) is 16.0. The van der Waals surface area contributed by atoms with E-state index in [-0.39, 0.29) is 17.7 Å². The number of likely N-dealkylation sites (tertiary alicyclic amines) is 1. The molecule has 4 nitrogen and oxygen atoms in total. The molecule has 1 heterocycles. The van der Waals surface area contributed by atoms with E-state index in [0.717, 1.165) is 35.1 Å². The van der Waals surface area contributed by atoms with E-state index in [1.807, 2.05) is 25.1 Å². The molecule has 5 heteroatoms. The van der Waals surface area contributed by atoms with Gasteiger partial charge in [-0.05, 0) is 37.1 Å². The Hall–Kier alpha value is -1.36. The first-order valence-electron chi connectivity index (χ1n) is 7.36. The molecule has 0 bridgehead atoms. The number of nitrogens with one attached hydrogen (secondary N) is 1. The van der Waals surface area contributed by atoms with Gasteiger partial charge in [-0.25, -0.2) is 0 Å². The van der Waals surface area contributed by atoms with Crippen LogP contribution in [0.4, 0.5) is 5.69 Å². The van der Waals surface area contributed by atoms with Crippen molar-refractivity contribution in [2.75, 3.05) is 18.4 Å². The van der Waals surface area contributed by atoms with Crippen molar-refractivity contribution >= 4 is 33.4 Å². The lowest BCUT2D eigenvalue weighted by Crippen LogP contribution is -2.29. The van der Waals surface area contributed by atoms with Crippen LogP contribution in [0.25, 0.3) is 0 Å². The summed E-state index contributed by atoms with van der Waals surface area (Å²) >= 11 is 3.44. The summed E-state index contributed by atoms with van der Waals surface area (Å²) in [5, 5.41) is 2.91. The lowest BCUT2D eigenvalue weighted by atomic mass is 10.1. The van der Waals surface area contributed by atoms with Gasteiger partial charge in [0.1, 0.15) is 0 Å². The number of carbonyl (C=O) groups is 2. The topological polar surface area (TPSA) is 49.4 Å². The van der Waals surface area contributed by atoms with E-state index in [2.05, 4.69) is 28.2 Å². The van der Waals surface area contributed by atoms with Gasteiger partial charge >= 0.3 is 0 Å². The Labute approximate surface area is 134 Å². The van der Waals surface area contributed by atoms with Gasteiger partial charge in [0.05, 0.1) is 5.92 Å². The summed E-state index contributed by atoms with van der Waals surface area (Å²) in [5.41, 5.74) is 1.85. The number of halogens is 1. The summed E-state index contributed by atoms with van der Waals surface area (Å²) in [6.07, 6.45) is 2.37. The standard InChI is InChI=1S/C16H21BrN2O2/c1-3-4-7-19-10-12(9-15(19)20)16(21)18-13-5-6-14(17)11(2)8-13/h5-6,8,12H,3-4,7,9-10H2,1-2H3,(H,18,21)/t12-/m1/s1. The van der Waals surface area contributed by atoms with Crippen molar-refractivity contribution < 1.29 is 9.59 Å². The number of nitrogens with zero attached hydrogens (tertiary/aromatic N) is 1. The number of amides is 2. The second kappa shape index (κ2) is 7.07. The molecule has 1 aliphatic heterocycles. The monoisotopic (exact) mass is 352 g/mol. The average molecular weight is 353 g/mol. The summed E-state index contributed by atoms with van der Waals surface area (Å²) in [6.45, 7) is 5.38. The minimum atomic E-state index is -0.238. The summed E-state index contributed by atoms with van der Waals surface area (Å²) in [4.78, 5) is 26.0. The molecule has 0 saturated carbocycles. The second-order valence-electron chi connectivity index (χ2n) is 5.55. The Morgan fingerprint density at radius 3 is 2.90 bits per heavy atom. The van der Waals surface area contributed by atoms with Crippen molar-refractivity contribution in [3.05, 3.63) is 28.2 Å². The van der Waals surface area contributed by atoms with Crippen molar-refractivity contribution in [1.82, 2.24) is 4.90 Å². The maximum Gasteiger partial charge on any atom is 0.229 e. The van der Waals surface area contributed by atoms with E-state index in [0.29, 0.717) is 13.0 Å². The van der Waals surface area contributed by atoms with E-state index in [9.17, 15) is 9.59 Å². The van der Waals surface area contributed by atoms with Gasteiger partial charge < -0.3 is 10.2 Å². The molecule has 1 N–H and O–H groups in total. The number of carbonyl (C=O) groups excluding carboxylic acids is 2. The highest BCUT2D eigenvalue weighted by atomic mass is 79.9. The van der Waals surface area contributed by atoms with Gasteiger partial charge in [0.25, 0.3) is 0 Å². The van der Waals surface area contributed by atoms with Crippen LogP contribution in [0, 0.1) is 12.8 Å². The fourth-order valence-electron chi connectivity index (χ4n) is 2.48. The molecular weight excluding hydrogens is 332 g/mol. The second-order valence-corrected chi connectivity index (χ2v) is 6.40. The molecular formula is C16H21BrN2O2. The fraction of sp³-hybridized carbons (Fsp3) is 0.500. The third kappa shape index (κ3) is 4.06. The van der Waals surface area contributed by atoms with Crippen LogP contribution in [0.3, 0.4) is 0 Å². The zero-order chi connectivity index (χ0) is 15.4. The van der Waals surface area contributed by atoms with Crippen LogP contribution in [0.5, 0.6) is 0 Å². The predicted molar refractivity (Wildman–Crippen MR) is 87.1 cm³/mol. The Kier molecular flexibility index (Phi) is 5.39. The third-order valence-corrected chi connectivity index (χ3v) is 4.68. The van der Waals surface area contributed by atoms with Crippen LogP contribution >= 0.6 is 15.9 Å². The number of anilines is 1. The maximum absolute atomic E-state index is 12.3. The van der Waals surface area contributed by atoms with Crippen LogP contribution in [0.2, 0.25) is 0 Å². The van der Waals surface area contributed by atoms with Crippen LogP contribution in [0.1, 0.15) is 31.7 Å². The highest BCUT2D eigenvalue weighted by Crippen LogP contribution is 2.23. The summed E-state index contributed by atoms with van der Waals surface area (Å²) in [6, 6.07) is 5.70. The first-order chi connectivity index (χ1) is 10.0. The van der Waals surface area contributed by atoms with Gasteiger partial charge in [-0.3, -0.25) is 9.59 Å². The Morgan fingerprint density at radius 1 is 1.48 bits per heavy atom. The molecule has 1 atom stereocenters. The van der Waals surface area contributed by atoms with Crippen LogP contribution in [-0.2, 0) is 9.59 Å². The van der Waals surface area contributed by atoms with Gasteiger partial charge in [-0.2, -0.15) is 0 Å². The largest absolute Gasteiger partial charge is 0.342 e. The summed E-state index contributed by atoms with van der Waals surface area (Å²) < 4.78 is 1.02. The quantitative estimate of drug-likeness (QED) is 0.883.